The van der Waals surface area contributed by atoms with Gasteiger partial charge in [-0.3, -0.25) is 4.90 Å². The monoisotopic (exact) mass is 275 g/mol. The van der Waals surface area contributed by atoms with Crippen LogP contribution in [-0.2, 0) is 0 Å². The highest BCUT2D eigenvalue weighted by Crippen LogP contribution is 2.32. The first kappa shape index (κ1) is 13.2. The quantitative estimate of drug-likeness (QED) is 0.815. The molecule has 1 aliphatic heterocycles. The zero-order chi connectivity index (χ0) is 14.1. The van der Waals surface area contributed by atoms with Gasteiger partial charge in [0.05, 0.1) is 16.9 Å². The number of carboxylic acids is 1. The third kappa shape index (κ3) is 2.72. The van der Waals surface area contributed by atoms with Crippen LogP contribution in [0.2, 0.25) is 0 Å². The largest absolute Gasteiger partial charge is 0.478 e. The van der Waals surface area contributed by atoms with Crippen LogP contribution in [0.4, 0.5) is 11.4 Å². The Labute approximate surface area is 119 Å². The van der Waals surface area contributed by atoms with Gasteiger partial charge in [-0.15, -0.1) is 0 Å². The molecular formula is C15H21N3O2. The number of hydrogen-bond donors (Lipinski definition) is 2. The van der Waals surface area contributed by atoms with E-state index in [1.165, 1.54) is 19.4 Å². The number of carboxylic acid groups (broad SMARTS) is 1. The normalized spacial score (nSPS) is 20.1. The van der Waals surface area contributed by atoms with E-state index in [4.69, 9.17) is 5.73 Å². The lowest BCUT2D eigenvalue weighted by molar-refractivity contribution is 0.0697. The van der Waals surface area contributed by atoms with Gasteiger partial charge in [0, 0.05) is 32.7 Å². The van der Waals surface area contributed by atoms with Crippen molar-refractivity contribution in [2.45, 2.75) is 12.8 Å². The maximum Gasteiger partial charge on any atom is 0.337 e. The molecule has 0 radical (unpaired) electrons. The highest BCUT2D eigenvalue weighted by molar-refractivity contribution is 5.98. The molecule has 3 N–H and O–H groups in total. The van der Waals surface area contributed by atoms with Crippen LogP contribution < -0.4 is 10.6 Å². The molecule has 0 bridgehead atoms. The molecular weight excluding hydrogens is 254 g/mol. The summed E-state index contributed by atoms with van der Waals surface area (Å²) in [6.45, 7) is 4.88. The third-order valence-corrected chi connectivity index (χ3v) is 4.20. The zero-order valence-electron chi connectivity index (χ0n) is 11.6. The minimum atomic E-state index is -0.910. The highest BCUT2D eigenvalue weighted by Gasteiger charge is 2.28. The molecule has 0 unspecified atom stereocenters. The Balaban J connectivity index is 1.72. The van der Waals surface area contributed by atoms with Crippen LogP contribution >= 0.6 is 0 Å². The Morgan fingerprint density at radius 2 is 1.95 bits per heavy atom. The second-order valence-electron chi connectivity index (χ2n) is 5.78. The average Bonchev–Trinajstić information content (AvgIpc) is 3.23. The van der Waals surface area contributed by atoms with Crippen molar-refractivity contribution in [2.75, 3.05) is 43.4 Å². The fraction of sp³-hybridized carbons (Fsp3) is 0.533. The predicted octanol–water partition coefficient (Wildman–Crippen LogP) is 1.50. The van der Waals surface area contributed by atoms with E-state index in [1.807, 2.05) is 0 Å². The predicted molar refractivity (Wildman–Crippen MR) is 79.2 cm³/mol. The first-order valence-electron chi connectivity index (χ1n) is 7.24. The fourth-order valence-electron chi connectivity index (χ4n) is 2.91. The Kier molecular flexibility index (Phi) is 3.53. The number of piperazine rings is 1. The lowest BCUT2D eigenvalue weighted by atomic mass is 10.1. The molecule has 1 aromatic rings. The number of benzene rings is 1. The molecule has 1 aliphatic carbocycles. The minimum Gasteiger partial charge on any atom is -0.478 e. The van der Waals surface area contributed by atoms with Crippen molar-refractivity contribution >= 4 is 17.3 Å². The summed E-state index contributed by atoms with van der Waals surface area (Å²) in [6, 6.07) is 5.11. The molecule has 20 heavy (non-hydrogen) atoms. The number of rotatable bonds is 4. The Bertz CT molecular complexity index is 506. The summed E-state index contributed by atoms with van der Waals surface area (Å²) in [7, 11) is 0. The Morgan fingerprint density at radius 3 is 2.55 bits per heavy atom. The summed E-state index contributed by atoms with van der Waals surface area (Å²) in [5.74, 6) is -0.00867. The van der Waals surface area contributed by atoms with Gasteiger partial charge in [-0.2, -0.15) is 0 Å². The molecule has 1 aromatic carbocycles. The number of nitrogens with two attached hydrogens (primary N) is 1. The van der Waals surface area contributed by atoms with Crippen molar-refractivity contribution in [3.8, 4) is 0 Å². The van der Waals surface area contributed by atoms with E-state index < -0.39 is 5.97 Å². The maximum atomic E-state index is 11.3. The number of carbonyl (C=O) groups is 1. The van der Waals surface area contributed by atoms with Crippen molar-refractivity contribution in [1.82, 2.24) is 4.90 Å². The SMILES string of the molecule is Nc1cccc(C(=O)O)c1N1CCN(CC2CC2)CC1. The van der Waals surface area contributed by atoms with Gasteiger partial charge < -0.3 is 15.7 Å². The standard InChI is InChI=1S/C15H21N3O2/c16-13-3-1-2-12(15(19)20)14(13)18-8-6-17(7-9-18)10-11-4-5-11/h1-3,11H,4-10,16H2,(H,19,20). The van der Waals surface area contributed by atoms with Crippen LogP contribution in [0.25, 0.3) is 0 Å². The van der Waals surface area contributed by atoms with Crippen LogP contribution in [0.3, 0.4) is 0 Å². The molecule has 3 rings (SSSR count). The molecule has 5 heteroatoms. The Morgan fingerprint density at radius 1 is 1.25 bits per heavy atom. The number of aromatic carboxylic acids is 1. The van der Waals surface area contributed by atoms with Crippen LogP contribution in [0.1, 0.15) is 23.2 Å². The van der Waals surface area contributed by atoms with E-state index in [2.05, 4.69) is 9.80 Å². The number of anilines is 2. The van der Waals surface area contributed by atoms with Gasteiger partial charge in [0.15, 0.2) is 0 Å². The first-order valence-corrected chi connectivity index (χ1v) is 7.24. The topological polar surface area (TPSA) is 69.8 Å². The van der Waals surface area contributed by atoms with Gasteiger partial charge in [-0.05, 0) is 30.9 Å². The van der Waals surface area contributed by atoms with E-state index in [1.54, 1.807) is 18.2 Å². The number of hydrogen-bond acceptors (Lipinski definition) is 4. The summed E-state index contributed by atoms with van der Waals surface area (Å²) in [6.07, 6.45) is 2.74. The lowest BCUT2D eigenvalue weighted by Crippen LogP contribution is -2.47. The molecule has 5 nitrogen and oxygen atoms in total. The molecule has 0 spiro atoms. The first-order chi connectivity index (χ1) is 9.65. The number of para-hydroxylation sites is 1. The second-order valence-corrected chi connectivity index (χ2v) is 5.78. The van der Waals surface area contributed by atoms with Gasteiger partial charge in [0.25, 0.3) is 0 Å². The van der Waals surface area contributed by atoms with Gasteiger partial charge in [-0.25, -0.2) is 4.79 Å². The summed E-state index contributed by atoms with van der Waals surface area (Å²) in [4.78, 5) is 15.9. The molecule has 0 aromatic heterocycles. The van der Waals surface area contributed by atoms with E-state index in [0.29, 0.717) is 16.9 Å². The molecule has 1 saturated heterocycles. The molecule has 0 amide bonds. The summed E-state index contributed by atoms with van der Waals surface area (Å²) >= 11 is 0. The zero-order valence-corrected chi connectivity index (χ0v) is 11.6. The van der Waals surface area contributed by atoms with E-state index >= 15 is 0 Å². The highest BCUT2D eigenvalue weighted by atomic mass is 16.4. The average molecular weight is 275 g/mol. The Hall–Kier alpha value is -1.75. The molecule has 0 atom stereocenters. The summed E-state index contributed by atoms with van der Waals surface area (Å²) < 4.78 is 0. The van der Waals surface area contributed by atoms with Gasteiger partial charge >= 0.3 is 5.97 Å². The van der Waals surface area contributed by atoms with Gasteiger partial charge in [0.2, 0.25) is 0 Å². The van der Waals surface area contributed by atoms with Crippen molar-refractivity contribution in [1.29, 1.82) is 0 Å². The molecule has 2 aliphatic rings. The van der Waals surface area contributed by atoms with Crippen molar-refractivity contribution < 1.29 is 9.90 Å². The van der Waals surface area contributed by atoms with E-state index in [0.717, 1.165) is 32.1 Å². The third-order valence-electron chi connectivity index (χ3n) is 4.20. The lowest BCUT2D eigenvalue weighted by Gasteiger charge is -2.37. The maximum absolute atomic E-state index is 11.3. The molecule has 1 heterocycles. The summed E-state index contributed by atoms with van der Waals surface area (Å²) in [5.41, 5.74) is 7.55. The number of nitrogen functional groups attached to an aromatic ring is 1. The number of nitrogens with zero attached hydrogens (tertiary/aromatic N) is 2. The summed E-state index contributed by atoms with van der Waals surface area (Å²) in [5, 5.41) is 9.31. The van der Waals surface area contributed by atoms with Crippen molar-refractivity contribution in [2.24, 2.45) is 5.92 Å². The smallest absolute Gasteiger partial charge is 0.337 e. The van der Waals surface area contributed by atoms with Gasteiger partial charge in [-0.1, -0.05) is 6.07 Å². The molecule has 1 saturated carbocycles. The van der Waals surface area contributed by atoms with E-state index in [-0.39, 0.29) is 0 Å². The van der Waals surface area contributed by atoms with Crippen LogP contribution in [-0.4, -0.2) is 48.7 Å². The van der Waals surface area contributed by atoms with Crippen LogP contribution in [0, 0.1) is 5.92 Å². The molecule has 108 valence electrons. The van der Waals surface area contributed by atoms with Gasteiger partial charge in [0.1, 0.15) is 0 Å². The van der Waals surface area contributed by atoms with Crippen molar-refractivity contribution in [3.63, 3.8) is 0 Å². The minimum absolute atomic E-state index is 0.306. The fourth-order valence-corrected chi connectivity index (χ4v) is 2.91. The second kappa shape index (κ2) is 5.32. The van der Waals surface area contributed by atoms with Crippen molar-refractivity contribution in [3.05, 3.63) is 23.8 Å². The van der Waals surface area contributed by atoms with Crippen LogP contribution in [0.5, 0.6) is 0 Å². The molecule has 2 fully saturated rings. The van der Waals surface area contributed by atoms with Crippen LogP contribution in [0.15, 0.2) is 18.2 Å². The van der Waals surface area contributed by atoms with E-state index in [9.17, 15) is 9.90 Å².